The topological polar surface area (TPSA) is 53.4 Å². The van der Waals surface area contributed by atoms with Gasteiger partial charge in [0.1, 0.15) is 0 Å². The number of carbonyl (C=O) groups is 1. The van der Waals surface area contributed by atoms with E-state index in [0.717, 1.165) is 5.69 Å². The zero-order valence-corrected chi connectivity index (χ0v) is 9.81. The molecular formula is C12H18N2O2. The van der Waals surface area contributed by atoms with Gasteiger partial charge in [0.25, 0.3) is 5.91 Å². The number of rotatable bonds is 5. The summed E-state index contributed by atoms with van der Waals surface area (Å²) >= 11 is 0. The molecule has 1 aromatic rings. The Kier molecular flexibility index (Phi) is 4.92. The highest BCUT2D eigenvalue weighted by molar-refractivity contribution is 5.95. The first-order valence-corrected chi connectivity index (χ1v) is 5.52. The van der Waals surface area contributed by atoms with Crippen molar-refractivity contribution in [2.45, 2.75) is 20.3 Å². The number of aromatic nitrogens is 1. The third-order valence-corrected chi connectivity index (χ3v) is 2.49. The van der Waals surface area contributed by atoms with E-state index in [1.165, 1.54) is 0 Å². The van der Waals surface area contributed by atoms with Gasteiger partial charge in [0.2, 0.25) is 0 Å². The zero-order chi connectivity index (χ0) is 12.0. The van der Waals surface area contributed by atoms with Crippen LogP contribution in [0, 0.1) is 6.92 Å². The second-order valence-corrected chi connectivity index (χ2v) is 3.60. The Bertz CT molecular complexity index is 353. The van der Waals surface area contributed by atoms with Gasteiger partial charge in [-0.3, -0.25) is 9.78 Å². The van der Waals surface area contributed by atoms with E-state index in [2.05, 4.69) is 4.98 Å². The smallest absolute Gasteiger partial charge is 0.255 e. The molecule has 1 heterocycles. The summed E-state index contributed by atoms with van der Waals surface area (Å²) in [7, 11) is 0. The number of aliphatic hydroxyl groups excluding tert-OH is 1. The van der Waals surface area contributed by atoms with E-state index >= 15 is 0 Å². The van der Waals surface area contributed by atoms with E-state index in [1.54, 1.807) is 23.2 Å². The molecule has 0 saturated heterocycles. The quantitative estimate of drug-likeness (QED) is 0.815. The predicted octanol–water partition coefficient (Wildman–Crippen LogP) is 1.23. The van der Waals surface area contributed by atoms with Crippen LogP contribution in [0.2, 0.25) is 0 Å². The molecule has 0 bridgehead atoms. The van der Waals surface area contributed by atoms with Gasteiger partial charge in [0, 0.05) is 31.6 Å². The van der Waals surface area contributed by atoms with Gasteiger partial charge >= 0.3 is 0 Å². The van der Waals surface area contributed by atoms with E-state index in [9.17, 15) is 4.79 Å². The Labute approximate surface area is 95.9 Å². The molecule has 0 saturated carbocycles. The Morgan fingerprint density at radius 3 is 2.88 bits per heavy atom. The molecule has 4 heteroatoms. The van der Waals surface area contributed by atoms with Crippen LogP contribution in [-0.4, -0.2) is 40.6 Å². The molecule has 1 aromatic heterocycles. The van der Waals surface area contributed by atoms with Crippen LogP contribution in [0.3, 0.4) is 0 Å². The molecule has 0 fully saturated rings. The number of pyridine rings is 1. The summed E-state index contributed by atoms with van der Waals surface area (Å²) < 4.78 is 0. The third kappa shape index (κ3) is 3.03. The third-order valence-electron chi connectivity index (χ3n) is 2.49. The lowest BCUT2D eigenvalue weighted by molar-refractivity contribution is 0.0753. The van der Waals surface area contributed by atoms with Crippen molar-refractivity contribution >= 4 is 5.91 Å². The van der Waals surface area contributed by atoms with Crippen LogP contribution in [0.1, 0.15) is 29.4 Å². The minimum Gasteiger partial charge on any atom is -0.396 e. The Morgan fingerprint density at radius 1 is 1.56 bits per heavy atom. The van der Waals surface area contributed by atoms with E-state index in [1.807, 2.05) is 13.8 Å². The van der Waals surface area contributed by atoms with Gasteiger partial charge in [-0.15, -0.1) is 0 Å². The van der Waals surface area contributed by atoms with E-state index in [4.69, 9.17) is 5.11 Å². The molecule has 0 aliphatic heterocycles. The fraction of sp³-hybridized carbons (Fsp3) is 0.500. The highest BCUT2D eigenvalue weighted by Gasteiger charge is 2.15. The molecule has 4 nitrogen and oxygen atoms in total. The molecule has 1 rings (SSSR count). The largest absolute Gasteiger partial charge is 0.396 e. The highest BCUT2D eigenvalue weighted by Crippen LogP contribution is 2.08. The van der Waals surface area contributed by atoms with Gasteiger partial charge in [-0.25, -0.2) is 0 Å². The van der Waals surface area contributed by atoms with E-state index in [-0.39, 0.29) is 12.5 Å². The average Bonchev–Trinajstić information content (AvgIpc) is 2.30. The Morgan fingerprint density at radius 2 is 2.31 bits per heavy atom. The summed E-state index contributed by atoms with van der Waals surface area (Å²) in [5.74, 6) is -0.0125. The Balaban J connectivity index is 2.79. The van der Waals surface area contributed by atoms with Crippen molar-refractivity contribution in [3.63, 3.8) is 0 Å². The summed E-state index contributed by atoms with van der Waals surface area (Å²) in [6.07, 6.45) is 2.29. The van der Waals surface area contributed by atoms with Gasteiger partial charge in [0.05, 0.1) is 5.56 Å². The van der Waals surface area contributed by atoms with Gasteiger partial charge in [-0.05, 0) is 32.4 Å². The summed E-state index contributed by atoms with van der Waals surface area (Å²) in [6.45, 7) is 5.09. The minimum atomic E-state index is -0.0125. The monoisotopic (exact) mass is 222 g/mol. The summed E-state index contributed by atoms with van der Waals surface area (Å²) in [5, 5.41) is 8.77. The lowest BCUT2D eigenvalue weighted by atomic mass is 10.1. The first kappa shape index (κ1) is 12.6. The van der Waals surface area contributed by atoms with Crippen LogP contribution in [0.15, 0.2) is 18.3 Å². The zero-order valence-electron chi connectivity index (χ0n) is 9.81. The fourth-order valence-corrected chi connectivity index (χ4v) is 1.55. The highest BCUT2D eigenvalue weighted by atomic mass is 16.3. The van der Waals surface area contributed by atoms with E-state index < -0.39 is 0 Å². The van der Waals surface area contributed by atoms with Crippen molar-refractivity contribution in [1.82, 2.24) is 9.88 Å². The van der Waals surface area contributed by atoms with Crippen LogP contribution in [0.4, 0.5) is 0 Å². The molecule has 0 unspecified atom stereocenters. The number of nitrogens with zero attached hydrogens (tertiary/aromatic N) is 2. The lowest BCUT2D eigenvalue weighted by Gasteiger charge is -2.21. The number of amides is 1. The van der Waals surface area contributed by atoms with Gasteiger partial charge in [0.15, 0.2) is 0 Å². The normalized spacial score (nSPS) is 10.2. The van der Waals surface area contributed by atoms with Crippen molar-refractivity contribution < 1.29 is 9.90 Å². The van der Waals surface area contributed by atoms with Crippen molar-refractivity contribution in [2.75, 3.05) is 19.7 Å². The van der Waals surface area contributed by atoms with Crippen LogP contribution < -0.4 is 0 Å². The molecule has 0 aliphatic rings. The first-order valence-electron chi connectivity index (χ1n) is 5.52. The molecule has 0 radical (unpaired) electrons. The first-order chi connectivity index (χ1) is 7.70. The molecule has 0 spiro atoms. The number of carbonyl (C=O) groups excluding carboxylic acids is 1. The molecule has 1 N–H and O–H groups in total. The second-order valence-electron chi connectivity index (χ2n) is 3.60. The molecule has 1 amide bonds. The summed E-state index contributed by atoms with van der Waals surface area (Å²) in [4.78, 5) is 17.9. The SMILES string of the molecule is CCN(CCCO)C(=O)c1cccnc1C. The number of aliphatic hydroxyl groups is 1. The number of hydrogen-bond donors (Lipinski definition) is 1. The number of hydrogen-bond acceptors (Lipinski definition) is 3. The van der Waals surface area contributed by atoms with Crippen molar-refractivity contribution in [3.05, 3.63) is 29.6 Å². The molecule has 88 valence electrons. The fourth-order valence-electron chi connectivity index (χ4n) is 1.55. The van der Waals surface area contributed by atoms with Gasteiger partial charge in [-0.1, -0.05) is 0 Å². The van der Waals surface area contributed by atoms with Crippen molar-refractivity contribution in [2.24, 2.45) is 0 Å². The second kappa shape index (κ2) is 6.23. The predicted molar refractivity (Wildman–Crippen MR) is 62.3 cm³/mol. The van der Waals surface area contributed by atoms with Crippen LogP contribution in [0.5, 0.6) is 0 Å². The molecule has 0 atom stereocenters. The standard InChI is InChI=1S/C12H18N2O2/c1-3-14(8-5-9-15)12(16)11-6-4-7-13-10(11)2/h4,6-7,15H,3,5,8-9H2,1-2H3. The average molecular weight is 222 g/mol. The lowest BCUT2D eigenvalue weighted by Crippen LogP contribution is -2.32. The maximum atomic E-state index is 12.1. The van der Waals surface area contributed by atoms with Crippen molar-refractivity contribution in [1.29, 1.82) is 0 Å². The maximum absolute atomic E-state index is 12.1. The van der Waals surface area contributed by atoms with Crippen LogP contribution in [0.25, 0.3) is 0 Å². The molecular weight excluding hydrogens is 204 g/mol. The van der Waals surface area contributed by atoms with Gasteiger partial charge < -0.3 is 10.0 Å². The van der Waals surface area contributed by atoms with Crippen LogP contribution in [-0.2, 0) is 0 Å². The van der Waals surface area contributed by atoms with Crippen molar-refractivity contribution in [3.8, 4) is 0 Å². The summed E-state index contributed by atoms with van der Waals surface area (Å²) in [6, 6.07) is 3.55. The minimum absolute atomic E-state index is 0.0125. The maximum Gasteiger partial charge on any atom is 0.255 e. The summed E-state index contributed by atoms with van der Waals surface area (Å²) in [5.41, 5.74) is 1.39. The van der Waals surface area contributed by atoms with Gasteiger partial charge in [-0.2, -0.15) is 0 Å². The number of aryl methyl sites for hydroxylation is 1. The Hall–Kier alpha value is -1.42. The van der Waals surface area contributed by atoms with Crippen LogP contribution >= 0.6 is 0 Å². The molecule has 0 aliphatic carbocycles. The van der Waals surface area contributed by atoms with E-state index in [0.29, 0.717) is 25.1 Å². The molecule has 0 aromatic carbocycles. The molecule has 16 heavy (non-hydrogen) atoms.